The van der Waals surface area contributed by atoms with Crippen molar-refractivity contribution in [3.05, 3.63) is 0 Å². The number of sulfone groups is 1. The van der Waals surface area contributed by atoms with Crippen molar-refractivity contribution in [2.75, 3.05) is 25.2 Å². The normalized spacial score (nSPS) is 22.2. The van der Waals surface area contributed by atoms with E-state index in [1.807, 2.05) is 0 Å². The molecule has 1 aliphatic rings. The predicted octanol–water partition coefficient (Wildman–Crippen LogP) is 1.75. The second kappa shape index (κ2) is 8.12. The average Bonchev–Trinajstić information content (AvgIpc) is 2.79. The summed E-state index contributed by atoms with van der Waals surface area (Å²) < 4.78 is 28.0. The zero-order valence-electron chi connectivity index (χ0n) is 11.7. The molecule has 2 atom stereocenters. The Kier molecular flexibility index (Phi) is 7.19. The van der Waals surface area contributed by atoms with Crippen molar-refractivity contribution in [1.82, 2.24) is 5.32 Å². The van der Waals surface area contributed by atoms with Crippen molar-refractivity contribution < 1.29 is 13.2 Å². The van der Waals surface area contributed by atoms with Gasteiger partial charge >= 0.3 is 0 Å². The second-order valence-electron chi connectivity index (χ2n) is 5.28. The van der Waals surface area contributed by atoms with Crippen LogP contribution in [0.4, 0.5) is 0 Å². The first-order valence-corrected chi connectivity index (χ1v) is 9.10. The van der Waals surface area contributed by atoms with Crippen LogP contribution in [-0.4, -0.2) is 45.7 Å². The van der Waals surface area contributed by atoms with E-state index in [0.717, 1.165) is 38.8 Å². The molecular weight excluding hydrogens is 250 g/mol. The maximum absolute atomic E-state index is 11.2. The lowest BCUT2D eigenvalue weighted by molar-refractivity contribution is 0.0994. The van der Waals surface area contributed by atoms with Crippen LogP contribution in [0, 0.1) is 0 Å². The highest BCUT2D eigenvalue weighted by Crippen LogP contribution is 2.18. The fourth-order valence-corrected chi connectivity index (χ4v) is 3.03. The van der Waals surface area contributed by atoms with Gasteiger partial charge in [0.15, 0.2) is 0 Å². The molecule has 0 aromatic heterocycles. The number of ether oxygens (including phenoxy) is 1. The first kappa shape index (κ1) is 15.9. The van der Waals surface area contributed by atoms with Crippen molar-refractivity contribution in [3.63, 3.8) is 0 Å². The first-order chi connectivity index (χ1) is 8.51. The lowest BCUT2D eigenvalue weighted by atomic mass is 10.0. The predicted molar refractivity (Wildman–Crippen MR) is 74.6 cm³/mol. The Hall–Kier alpha value is -0.130. The van der Waals surface area contributed by atoms with Gasteiger partial charge in [-0.15, -0.1) is 0 Å². The molecule has 1 heterocycles. The summed E-state index contributed by atoms with van der Waals surface area (Å²) >= 11 is 0. The molecule has 0 aromatic carbocycles. The zero-order valence-corrected chi connectivity index (χ0v) is 12.5. The standard InChI is InChI=1S/C13H27NO3S/c1-3-9-14-12(8-11-18(2,15)16)6-7-13-5-4-10-17-13/h12-14H,3-11H2,1-2H3. The Morgan fingerprint density at radius 3 is 2.72 bits per heavy atom. The lowest BCUT2D eigenvalue weighted by Gasteiger charge is -2.19. The molecule has 0 bridgehead atoms. The van der Waals surface area contributed by atoms with Crippen LogP contribution in [0.2, 0.25) is 0 Å². The van der Waals surface area contributed by atoms with Crippen molar-refractivity contribution in [3.8, 4) is 0 Å². The van der Waals surface area contributed by atoms with Crippen molar-refractivity contribution in [2.24, 2.45) is 0 Å². The van der Waals surface area contributed by atoms with E-state index in [4.69, 9.17) is 4.74 Å². The summed E-state index contributed by atoms with van der Waals surface area (Å²) in [6, 6.07) is 0.309. The van der Waals surface area contributed by atoms with E-state index in [-0.39, 0.29) is 5.75 Å². The molecule has 1 fully saturated rings. The maximum Gasteiger partial charge on any atom is 0.147 e. The molecule has 0 aromatic rings. The van der Waals surface area contributed by atoms with Crippen LogP contribution < -0.4 is 5.32 Å². The molecule has 0 radical (unpaired) electrons. The molecule has 0 amide bonds. The Labute approximate surface area is 111 Å². The minimum atomic E-state index is -2.85. The highest BCUT2D eigenvalue weighted by molar-refractivity contribution is 7.90. The fourth-order valence-electron chi connectivity index (χ4n) is 2.31. The molecule has 1 N–H and O–H groups in total. The molecule has 0 aliphatic carbocycles. The van der Waals surface area contributed by atoms with Gasteiger partial charge in [0.05, 0.1) is 11.9 Å². The Morgan fingerprint density at radius 2 is 2.17 bits per heavy atom. The molecule has 1 rings (SSSR count). The monoisotopic (exact) mass is 277 g/mol. The van der Waals surface area contributed by atoms with Gasteiger partial charge in [0.2, 0.25) is 0 Å². The maximum atomic E-state index is 11.2. The zero-order chi connectivity index (χ0) is 13.4. The van der Waals surface area contributed by atoms with Crippen LogP contribution in [0.15, 0.2) is 0 Å². The van der Waals surface area contributed by atoms with Crippen LogP contribution in [0.5, 0.6) is 0 Å². The average molecular weight is 277 g/mol. The van der Waals surface area contributed by atoms with Gasteiger partial charge in [0, 0.05) is 18.9 Å². The van der Waals surface area contributed by atoms with Crippen LogP contribution in [0.25, 0.3) is 0 Å². The number of hydrogen-bond donors (Lipinski definition) is 1. The summed E-state index contributed by atoms with van der Waals surface area (Å²) in [6.45, 7) is 3.97. The van der Waals surface area contributed by atoms with Gasteiger partial charge in [-0.2, -0.15) is 0 Å². The third-order valence-corrected chi connectivity index (χ3v) is 4.36. The topological polar surface area (TPSA) is 55.4 Å². The van der Waals surface area contributed by atoms with E-state index in [0.29, 0.717) is 18.6 Å². The van der Waals surface area contributed by atoms with Crippen LogP contribution in [0.1, 0.15) is 45.4 Å². The highest BCUT2D eigenvalue weighted by atomic mass is 32.2. The minimum absolute atomic E-state index is 0.278. The molecule has 5 heteroatoms. The van der Waals surface area contributed by atoms with E-state index in [2.05, 4.69) is 12.2 Å². The number of hydrogen-bond acceptors (Lipinski definition) is 4. The number of nitrogens with one attached hydrogen (secondary N) is 1. The molecule has 0 spiro atoms. The van der Waals surface area contributed by atoms with Gasteiger partial charge in [-0.1, -0.05) is 6.92 Å². The summed E-state index contributed by atoms with van der Waals surface area (Å²) in [5, 5.41) is 3.45. The third-order valence-electron chi connectivity index (χ3n) is 3.38. The summed E-state index contributed by atoms with van der Waals surface area (Å²) in [7, 11) is -2.85. The molecule has 4 nitrogen and oxygen atoms in total. The fraction of sp³-hybridized carbons (Fsp3) is 1.00. The van der Waals surface area contributed by atoms with Crippen LogP contribution >= 0.6 is 0 Å². The van der Waals surface area contributed by atoms with Crippen molar-refractivity contribution in [1.29, 1.82) is 0 Å². The van der Waals surface area contributed by atoms with Gasteiger partial charge in [-0.3, -0.25) is 0 Å². The molecule has 0 saturated carbocycles. The Bertz CT molecular complexity index is 310. The molecule has 18 heavy (non-hydrogen) atoms. The lowest BCUT2D eigenvalue weighted by Crippen LogP contribution is -2.32. The largest absolute Gasteiger partial charge is 0.378 e. The van der Waals surface area contributed by atoms with E-state index < -0.39 is 9.84 Å². The summed E-state index contributed by atoms with van der Waals surface area (Å²) in [5.41, 5.74) is 0. The number of rotatable bonds is 9. The molecule has 108 valence electrons. The molecule has 1 aliphatic heterocycles. The van der Waals surface area contributed by atoms with Gasteiger partial charge in [-0.25, -0.2) is 8.42 Å². The van der Waals surface area contributed by atoms with Gasteiger partial charge in [0.1, 0.15) is 9.84 Å². The Morgan fingerprint density at radius 1 is 1.39 bits per heavy atom. The second-order valence-corrected chi connectivity index (χ2v) is 7.54. The Balaban J connectivity index is 2.29. The minimum Gasteiger partial charge on any atom is -0.378 e. The molecule has 1 saturated heterocycles. The SMILES string of the molecule is CCCNC(CCC1CCCO1)CCS(C)(=O)=O. The van der Waals surface area contributed by atoms with Crippen molar-refractivity contribution >= 4 is 9.84 Å². The van der Waals surface area contributed by atoms with E-state index >= 15 is 0 Å². The van der Waals surface area contributed by atoms with Gasteiger partial charge < -0.3 is 10.1 Å². The molecular formula is C13H27NO3S. The quantitative estimate of drug-likeness (QED) is 0.697. The smallest absolute Gasteiger partial charge is 0.147 e. The van der Waals surface area contributed by atoms with E-state index in [1.165, 1.54) is 12.7 Å². The highest BCUT2D eigenvalue weighted by Gasteiger charge is 2.18. The van der Waals surface area contributed by atoms with Gasteiger partial charge in [0.25, 0.3) is 0 Å². The summed E-state index contributed by atoms with van der Waals surface area (Å²) in [6.07, 6.45) is 7.89. The van der Waals surface area contributed by atoms with Crippen molar-refractivity contribution in [2.45, 2.75) is 57.6 Å². The third kappa shape index (κ3) is 7.34. The van der Waals surface area contributed by atoms with E-state index in [1.54, 1.807) is 0 Å². The summed E-state index contributed by atoms with van der Waals surface area (Å²) in [5.74, 6) is 0.278. The van der Waals surface area contributed by atoms with Gasteiger partial charge in [-0.05, 0) is 45.1 Å². The van der Waals surface area contributed by atoms with Crippen LogP contribution in [0.3, 0.4) is 0 Å². The van der Waals surface area contributed by atoms with Crippen LogP contribution in [-0.2, 0) is 14.6 Å². The first-order valence-electron chi connectivity index (χ1n) is 7.04. The molecule has 2 unspecified atom stereocenters. The van der Waals surface area contributed by atoms with E-state index in [9.17, 15) is 8.42 Å². The summed E-state index contributed by atoms with van der Waals surface area (Å²) in [4.78, 5) is 0.